The lowest BCUT2D eigenvalue weighted by atomic mass is 10.2. The third-order valence-electron chi connectivity index (χ3n) is 3.66. The van der Waals surface area contributed by atoms with Crippen LogP contribution in [-0.4, -0.2) is 32.4 Å². The van der Waals surface area contributed by atoms with Gasteiger partial charge in [-0.15, -0.1) is 0 Å². The largest absolute Gasteiger partial charge is 0.497 e. The second kappa shape index (κ2) is 7.97. The van der Waals surface area contributed by atoms with Crippen molar-refractivity contribution in [2.75, 3.05) is 21.3 Å². The number of aliphatic imine (C=N–C) groups is 1. The van der Waals surface area contributed by atoms with Crippen molar-refractivity contribution in [1.29, 1.82) is 0 Å². The highest BCUT2D eigenvalue weighted by atomic mass is 32.2. The average molecular weight is 370 g/mol. The van der Waals surface area contributed by atoms with Gasteiger partial charge in [0.15, 0.2) is 16.7 Å². The summed E-state index contributed by atoms with van der Waals surface area (Å²) in [6, 6.07) is 12.8. The third-order valence-corrected chi connectivity index (χ3v) is 4.57. The van der Waals surface area contributed by atoms with Crippen molar-refractivity contribution in [2.24, 2.45) is 4.99 Å². The van der Waals surface area contributed by atoms with E-state index in [9.17, 15) is 4.79 Å². The van der Waals surface area contributed by atoms with Crippen molar-refractivity contribution in [3.63, 3.8) is 0 Å². The number of amides is 1. The normalized spacial score (nSPS) is 16.7. The van der Waals surface area contributed by atoms with E-state index < -0.39 is 0 Å². The second-order valence-corrected chi connectivity index (χ2v) is 6.32. The number of nitrogens with one attached hydrogen (secondary N) is 1. The Labute approximate surface area is 155 Å². The van der Waals surface area contributed by atoms with Crippen molar-refractivity contribution in [3.8, 4) is 17.2 Å². The summed E-state index contributed by atoms with van der Waals surface area (Å²) in [6.45, 7) is 0. The highest BCUT2D eigenvalue weighted by Gasteiger charge is 2.24. The summed E-state index contributed by atoms with van der Waals surface area (Å²) >= 11 is 1.29. The van der Waals surface area contributed by atoms with Crippen LogP contribution in [0.5, 0.6) is 17.2 Å². The molecule has 1 N–H and O–H groups in total. The molecule has 2 aromatic rings. The minimum atomic E-state index is -0.183. The summed E-state index contributed by atoms with van der Waals surface area (Å²) in [5.74, 6) is 1.82. The Morgan fingerprint density at radius 3 is 2.35 bits per heavy atom. The summed E-state index contributed by atoms with van der Waals surface area (Å²) in [5.41, 5.74) is 1.58. The van der Waals surface area contributed by atoms with Gasteiger partial charge in [-0.2, -0.15) is 0 Å². The van der Waals surface area contributed by atoms with Gasteiger partial charge in [0.05, 0.1) is 31.9 Å². The van der Waals surface area contributed by atoms with Gasteiger partial charge in [-0.3, -0.25) is 4.79 Å². The van der Waals surface area contributed by atoms with Crippen molar-refractivity contribution in [3.05, 3.63) is 52.9 Å². The van der Waals surface area contributed by atoms with Crippen LogP contribution < -0.4 is 19.5 Å². The topological polar surface area (TPSA) is 69.2 Å². The second-order valence-electron chi connectivity index (χ2n) is 5.29. The Morgan fingerprint density at radius 2 is 1.69 bits per heavy atom. The quantitative estimate of drug-likeness (QED) is 0.815. The van der Waals surface area contributed by atoms with Gasteiger partial charge in [0.25, 0.3) is 5.91 Å². The monoisotopic (exact) mass is 370 g/mol. The number of hydrogen-bond acceptors (Lipinski definition) is 6. The van der Waals surface area contributed by atoms with E-state index in [2.05, 4.69) is 10.3 Å². The number of ether oxygens (including phenoxy) is 3. The number of hydrogen-bond donors (Lipinski definition) is 1. The molecule has 0 bridgehead atoms. The zero-order chi connectivity index (χ0) is 18.5. The summed E-state index contributed by atoms with van der Waals surface area (Å²) in [4.78, 5) is 17.2. The molecule has 1 amide bonds. The molecule has 1 saturated heterocycles. The molecule has 3 rings (SSSR count). The molecule has 0 radical (unpaired) electrons. The number of carbonyl (C=O) groups excluding carboxylic acids is 1. The van der Waals surface area contributed by atoms with E-state index in [1.165, 1.54) is 11.8 Å². The van der Waals surface area contributed by atoms with E-state index in [0.717, 1.165) is 17.0 Å². The Hall–Kier alpha value is -2.93. The van der Waals surface area contributed by atoms with E-state index in [4.69, 9.17) is 14.2 Å². The maximum Gasteiger partial charge on any atom is 0.264 e. The van der Waals surface area contributed by atoms with E-state index in [-0.39, 0.29) is 5.91 Å². The molecule has 0 aromatic heterocycles. The van der Waals surface area contributed by atoms with Gasteiger partial charge in [0, 0.05) is 0 Å². The summed E-state index contributed by atoms with van der Waals surface area (Å²) in [7, 11) is 4.77. The van der Waals surface area contributed by atoms with Gasteiger partial charge in [0.1, 0.15) is 5.75 Å². The van der Waals surface area contributed by atoms with Crippen LogP contribution in [0.4, 0.5) is 5.69 Å². The highest BCUT2D eigenvalue weighted by molar-refractivity contribution is 8.18. The summed E-state index contributed by atoms with van der Waals surface area (Å²) in [6.07, 6.45) is 1.79. The molecule has 7 heteroatoms. The first-order valence-electron chi connectivity index (χ1n) is 7.78. The fourth-order valence-corrected chi connectivity index (χ4v) is 3.19. The molecule has 1 heterocycles. The Kier molecular flexibility index (Phi) is 5.48. The molecular formula is C19H18N2O4S. The molecule has 1 aliphatic rings. The third kappa shape index (κ3) is 4.00. The Bertz CT molecular complexity index is 876. The number of amidine groups is 1. The smallest absolute Gasteiger partial charge is 0.264 e. The Balaban J connectivity index is 1.80. The first kappa shape index (κ1) is 17.9. The number of rotatable bonds is 5. The van der Waals surface area contributed by atoms with Crippen LogP contribution in [0.15, 0.2) is 52.4 Å². The van der Waals surface area contributed by atoms with E-state index in [1.54, 1.807) is 33.5 Å². The minimum absolute atomic E-state index is 0.183. The maximum absolute atomic E-state index is 12.2. The van der Waals surface area contributed by atoms with Gasteiger partial charge in [-0.1, -0.05) is 6.07 Å². The van der Waals surface area contributed by atoms with Crippen molar-refractivity contribution in [1.82, 2.24) is 5.32 Å². The van der Waals surface area contributed by atoms with Crippen molar-refractivity contribution in [2.45, 2.75) is 0 Å². The van der Waals surface area contributed by atoms with Crippen LogP contribution >= 0.6 is 11.8 Å². The van der Waals surface area contributed by atoms with Gasteiger partial charge in [0.2, 0.25) is 0 Å². The first-order valence-corrected chi connectivity index (χ1v) is 8.60. The van der Waals surface area contributed by atoms with Crippen LogP contribution in [0.3, 0.4) is 0 Å². The number of nitrogens with zero attached hydrogens (tertiary/aromatic N) is 1. The number of methoxy groups -OCH3 is 3. The lowest BCUT2D eigenvalue weighted by molar-refractivity contribution is -0.115. The van der Waals surface area contributed by atoms with Crippen LogP contribution in [0.2, 0.25) is 0 Å². The Morgan fingerprint density at radius 1 is 0.962 bits per heavy atom. The van der Waals surface area contributed by atoms with Crippen LogP contribution in [0.25, 0.3) is 6.08 Å². The standard InChI is InChI=1S/C19H18N2O4S/c1-23-14-7-5-13(6-8-14)20-19-21-18(22)17(26-19)11-12-4-9-15(24-2)16(10-12)25-3/h4-11H,1-3H3,(H,20,21,22)/b17-11-. The van der Waals surface area contributed by atoms with Crippen molar-refractivity contribution >= 4 is 34.6 Å². The molecule has 6 nitrogen and oxygen atoms in total. The lowest BCUT2D eigenvalue weighted by Crippen LogP contribution is -2.19. The molecule has 2 aromatic carbocycles. The summed E-state index contributed by atoms with van der Waals surface area (Å²) < 4.78 is 15.6. The zero-order valence-electron chi connectivity index (χ0n) is 14.6. The van der Waals surface area contributed by atoms with Gasteiger partial charge in [-0.05, 0) is 59.8 Å². The molecule has 0 spiro atoms. The fourth-order valence-electron chi connectivity index (χ4n) is 2.35. The number of thioether (sulfide) groups is 1. The number of carbonyl (C=O) groups is 1. The van der Waals surface area contributed by atoms with Crippen molar-refractivity contribution < 1.29 is 19.0 Å². The molecule has 0 unspecified atom stereocenters. The maximum atomic E-state index is 12.2. The summed E-state index contributed by atoms with van der Waals surface area (Å²) in [5, 5.41) is 3.31. The molecule has 1 fully saturated rings. The van der Waals surface area contributed by atoms with Gasteiger partial charge >= 0.3 is 0 Å². The van der Waals surface area contributed by atoms with Crippen LogP contribution in [-0.2, 0) is 4.79 Å². The van der Waals surface area contributed by atoms with E-state index in [1.807, 2.05) is 36.4 Å². The lowest BCUT2D eigenvalue weighted by Gasteiger charge is -2.07. The minimum Gasteiger partial charge on any atom is -0.497 e. The molecular weight excluding hydrogens is 352 g/mol. The van der Waals surface area contributed by atoms with E-state index in [0.29, 0.717) is 21.6 Å². The number of benzene rings is 2. The van der Waals surface area contributed by atoms with Crippen LogP contribution in [0, 0.1) is 0 Å². The SMILES string of the molecule is COc1ccc(N=C2NC(=O)/C(=C/c3ccc(OC)c(OC)c3)S2)cc1. The molecule has 26 heavy (non-hydrogen) atoms. The fraction of sp³-hybridized carbons (Fsp3) is 0.158. The average Bonchev–Trinajstić information content (AvgIpc) is 3.01. The molecule has 134 valence electrons. The molecule has 0 atom stereocenters. The van der Waals surface area contributed by atoms with Gasteiger partial charge in [-0.25, -0.2) is 4.99 Å². The first-order chi connectivity index (χ1) is 12.6. The zero-order valence-corrected chi connectivity index (χ0v) is 15.4. The molecule has 0 aliphatic carbocycles. The molecule has 1 aliphatic heterocycles. The van der Waals surface area contributed by atoms with E-state index >= 15 is 0 Å². The predicted octanol–water partition coefficient (Wildman–Crippen LogP) is 3.60. The molecule has 0 saturated carbocycles. The highest BCUT2D eigenvalue weighted by Crippen LogP contribution is 2.32. The van der Waals surface area contributed by atoms with Crippen LogP contribution in [0.1, 0.15) is 5.56 Å². The van der Waals surface area contributed by atoms with Gasteiger partial charge < -0.3 is 19.5 Å². The predicted molar refractivity (Wildman–Crippen MR) is 103 cm³/mol.